The first-order valence-corrected chi connectivity index (χ1v) is 21.2. The molecule has 0 aromatic carbocycles. The summed E-state index contributed by atoms with van der Waals surface area (Å²) < 4.78 is 37.6. The highest BCUT2D eigenvalue weighted by atomic mass is 16.6. The van der Waals surface area contributed by atoms with Crippen LogP contribution in [0.5, 0.6) is 0 Å². The molecule has 20 nitrogen and oxygen atoms in total. The maximum absolute atomic E-state index is 13.5. The molecular weight excluding hydrogens is 854 g/mol. The lowest BCUT2D eigenvalue weighted by Crippen LogP contribution is -2.55. The van der Waals surface area contributed by atoms with Crippen molar-refractivity contribution < 1.29 is 66.7 Å². The monoisotopic (exact) mass is 913 g/mol. The third kappa shape index (κ3) is 20.5. The number of hydrogen-bond donors (Lipinski definition) is 0. The Morgan fingerprint density at radius 3 is 1.55 bits per heavy atom. The van der Waals surface area contributed by atoms with Crippen molar-refractivity contribution in [3.63, 3.8) is 0 Å². The quantitative estimate of drug-likeness (QED) is 0.0354. The highest BCUT2D eigenvalue weighted by molar-refractivity contribution is 5.96. The van der Waals surface area contributed by atoms with Gasteiger partial charge >= 0.3 is 58.9 Å². The number of rotatable bonds is 30. The molecule has 1 atom stereocenters. The predicted octanol–water partition coefficient (Wildman–Crippen LogP) is 2.88. The Balaban J connectivity index is 2.08. The molecular formula is C45H59N3O17. The molecule has 1 unspecified atom stereocenters. The van der Waals surface area contributed by atoms with Crippen molar-refractivity contribution >= 4 is 41.8 Å². The van der Waals surface area contributed by atoms with E-state index in [2.05, 4.69) is 20.1 Å². The van der Waals surface area contributed by atoms with E-state index in [4.69, 9.17) is 33.2 Å². The van der Waals surface area contributed by atoms with E-state index in [9.17, 15) is 47.9 Å². The average Bonchev–Trinajstić information content (AvgIpc) is 3.27. The van der Waals surface area contributed by atoms with E-state index in [0.717, 1.165) is 25.7 Å². The second kappa shape index (κ2) is 30.3. The van der Waals surface area contributed by atoms with Crippen LogP contribution in [0.25, 0.3) is 0 Å². The zero-order valence-corrected chi connectivity index (χ0v) is 37.2. The van der Waals surface area contributed by atoms with Crippen LogP contribution in [0.4, 0.5) is 0 Å². The molecule has 2 rings (SSSR count). The Morgan fingerprint density at radius 2 is 1.05 bits per heavy atom. The van der Waals surface area contributed by atoms with Gasteiger partial charge in [-0.15, -0.1) is 0 Å². The fraction of sp³-hybridized carbons (Fsp3) is 0.511. The molecule has 0 radical (unpaired) electrons. The summed E-state index contributed by atoms with van der Waals surface area (Å²) in [5.74, 6) is -5.91. The van der Waals surface area contributed by atoms with Gasteiger partial charge in [-0.05, 0) is 26.7 Å². The van der Waals surface area contributed by atoms with Gasteiger partial charge in [0.15, 0.2) is 0 Å². The number of allylic oxidation sites excluding steroid dienone is 5. The normalized spacial score (nSPS) is 13.2. The largest absolute Gasteiger partial charge is 0.464 e. The minimum atomic E-state index is -1.10. The highest BCUT2D eigenvalue weighted by Crippen LogP contribution is 2.23. The Kier molecular flexibility index (Phi) is 25.3. The van der Waals surface area contributed by atoms with E-state index in [1.165, 1.54) is 44.2 Å². The van der Waals surface area contributed by atoms with Gasteiger partial charge in [-0.25, -0.2) is 42.5 Å². The van der Waals surface area contributed by atoms with Gasteiger partial charge in [-0.1, -0.05) is 88.3 Å². The lowest BCUT2D eigenvalue weighted by atomic mass is 9.91. The predicted molar refractivity (Wildman–Crippen MR) is 232 cm³/mol. The molecule has 0 saturated carbocycles. The minimum absolute atomic E-state index is 0.0376. The molecule has 0 bridgehead atoms. The SMILES string of the molecule is C=C(C)C(=O)OCCOC(=O)CC=CC=CCC(=O)OCCn1c(=O)n(CCOC(=O)CCCCCCC)c(=O)n(CCOC(=O)C2CC=CC=C2C(=O)OCCOC(=O)C(=C)C)c1=O. The Morgan fingerprint density at radius 1 is 0.600 bits per heavy atom. The molecule has 0 spiro atoms. The van der Waals surface area contributed by atoms with Gasteiger partial charge in [0.05, 0.1) is 44.0 Å². The number of carbonyl (C=O) groups excluding carboxylic acids is 7. The smallest absolute Gasteiger partial charge is 0.336 e. The molecule has 20 heteroatoms. The third-order valence-electron chi connectivity index (χ3n) is 9.04. The molecule has 0 aliphatic heterocycles. The van der Waals surface area contributed by atoms with Crippen molar-refractivity contribution in [3.05, 3.63) is 104 Å². The Bertz CT molecular complexity index is 2170. The number of aromatic nitrogens is 3. The molecule has 356 valence electrons. The van der Waals surface area contributed by atoms with Gasteiger partial charge in [0.1, 0.15) is 46.2 Å². The standard InChI is InChI=1S/C45H59N3O17/c1-6-7-8-9-12-19-36(49)59-25-22-46-43(56)47(23-26-60-37(50)20-13-10-11-14-21-38(51)61-28-29-63-39(52)32(2)3)45(58)48(44(46)57)24-27-62-41(54)34-17-15-16-18-35(34)42(55)65-31-30-64-40(53)33(4)5/h10-11,13-16,18,34H,2,4,6-9,12,17,19-31H2,1,3,5H3. The van der Waals surface area contributed by atoms with Crippen LogP contribution in [0.3, 0.4) is 0 Å². The lowest BCUT2D eigenvalue weighted by Gasteiger charge is -2.19. The minimum Gasteiger partial charge on any atom is -0.464 e. The Labute approximate surface area is 375 Å². The molecule has 1 aromatic rings. The molecule has 0 amide bonds. The zero-order chi connectivity index (χ0) is 48.1. The van der Waals surface area contributed by atoms with E-state index in [1.54, 1.807) is 12.2 Å². The molecule has 1 aromatic heterocycles. The van der Waals surface area contributed by atoms with Crippen molar-refractivity contribution in [1.29, 1.82) is 0 Å². The molecule has 1 heterocycles. The summed E-state index contributed by atoms with van der Waals surface area (Å²) in [4.78, 5) is 126. The third-order valence-corrected chi connectivity index (χ3v) is 9.04. The maximum Gasteiger partial charge on any atom is 0.336 e. The molecule has 0 fully saturated rings. The van der Waals surface area contributed by atoms with E-state index in [0.29, 0.717) is 20.1 Å². The van der Waals surface area contributed by atoms with Crippen LogP contribution in [0.15, 0.2) is 86.8 Å². The van der Waals surface area contributed by atoms with Crippen molar-refractivity contribution in [1.82, 2.24) is 13.7 Å². The van der Waals surface area contributed by atoms with Gasteiger partial charge in [-0.2, -0.15) is 0 Å². The van der Waals surface area contributed by atoms with Crippen LogP contribution in [0.1, 0.15) is 78.6 Å². The Hall–Kier alpha value is -6.86. The van der Waals surface area contributed by atoms with Crippen LogP contribution < -0.4 is 17.1 Å². The van der Waals surface area contributed by atoms with Crippen molar-refractivity contribution in [3.8, 4) is 0 Å². The summed E-state index contributed by atoms with van der Waals surface area (Å²) in [5, 5.41) is 0. The van der Waals surface area contributed by atoms with Gasteiger partial charge in [-0.3, -0.25) is 19.2 Å². The first-order chi connectivity index (χ1) is 31.1. The number of esters is 7. The number of nitrogens with zero attached hydrogens (tertiary/aromatic N) is 3. The van der Waals surface area contributed by atoms with Crippen molar-refractivity contribution in [2.45, 2.75) is 98.2 Å². The van der Waals surface area contributed by atoms with Crippen LogP contribution in [0.2, 0.25) is 0 Å². The van der Waals surface area contributed by atoms with E-state index >= 15 is 0 Å². The topological polar surface area (TPSA) is 250 Å². The average molecular weight is 914 g/mol. The maximum atomic E-state index is 13.5. The number of carbonyl (C=O) groups is 7. The van der Waals surface area contributed by atoms with Crippen LogP contribution in [-0.4, -0.2) is 102 Å². The highest BCUT2D eigenvalue weighted by Gasteiger charge is 2.31. The molecule has 0 saturated heterocycles. The van der Waals surface area contributed by atoms with Crippen LogP contribution in [0, 0.1) is 5.92 Å². The summed E-state index contributed by atoms with van der Waals surface area (Å²) in [6, 6.07) is 0. The van der Waals surface area contributed by atoms with Gasteiger partial charge < -0.3 is 33.2 Å². The van der Waals surface area contributed by atoms with E-state index in [1.807, 2.05) is 0 Å². The molecule has 1 aliphatic rings. The summed E-state index contributed by atoms with van der Waals surface area (Å²) in [7, 11) is 0. The van der Waals surface area contributed by atoms with Gasteiger partial charge in [0, 0.05) is 17.6 Å². The summed E-state index contributed by atoms with van der Waals surface area (Å²) in [5.41, 5.74) is -2.89. The number of unbranched alkanes of at least 4 members (excludes halogenated alkanes) is 4. The summed E-state index contributed by atoms with van der Waals surface area (Å²) in [6.07, 6.45) is 14.8. The zero-order valence-electron chi connectivity index (χ0n) is 37.2. The van der Waals surface area contributed by atoms with E-state index in [-0.39, 0.29) is 75.4 Å². The second-order valence-corrected chi connectivity index (χ2v) is 14.4. The molecule has 0 N–H and O–H groups in total. The van der Waals surface area contributed by atoms with Crippen molar-refractivity contribution in [2.24, 2.45) is 5.92 Å². The van der Waals surface area contributed by atoms with Crippen molar-refractivity contribution in [2.75, 3.05) is 46.2 Å². The van der Waals surface area contributed by atoms with Gasteiger partial charge in [0.2, 0.25) is 0 Å². The van der Waals surface area contributed by atoms with E-state index < -0.39 is 97.6 Å². The van der Waals surface area contributed by atoms with Crippen LogP contribution in [-0.2, 0) is 86.4 Å². The summed E-state index contributed by atoms with van der Waals surface area (Å²) >= 11 is 0. The second-order valence-electron chi connectivity index (χ2n) is 14.4. The number of ether oxygens (including phenoxy) is 7. The first-order valence-electron chi connectivity index (χ1n) is 21.2. The van der Waals surface area contributed by atoms with Gasteiger partial charge in [0.25, 0.3) is 0 Å². The molecule has 65 heavy (non-hydrogen) atoms. The first kappa shape index (κ1) is 54.3. The number of hydrogen-bond acceptors (Lipinski definition) is 17. The fourth-order valence-corrected chi connectivity index (χ4v) is 5.60. The van der Waals surface area contributed by atoms with Crippen LogP contribution >= 0.6 is 0 Å². The molecule has 1 aliphatic carbocycles. The lowest BCUT2D eigenvalue weighted by molar-refractivity contribution is -0.152. The summed E-state index contributed by atoms with van der Waals surface area (Å²) in [6.45, 7) is 8.36. The fourth-order valence-electron chi connectivity index (χ4n) is 5.60.